The van der Waals surface area contributed by atoms with Gasteiger partial charge in [0.15, 0.2) is 0 Å². The fraction of sp³-hybridized carbons (Fsp3) is 0.333. The van der Waals surface area contributed by atoms with Crippen LogP contribution in [0.1, 0.15) is 30.7 Å². The normalized spacial score (nSPS) is 15.3. The van der Waals surface area contributed by atoms with Gasteiger partial charge in [-0.1, -0.05) is 35.9 Å². The number of nitrogens with zero attached hydrogens (tertiary/aromatic N) is 1. The zero-order chi connectivity index (χ0) is 16.0. The highest BCUT2D eigenvalue weighted by molar-refractivity contribution is 5.89. The summed E-state index contributed by atoms with van der Waals surface area (Å²) in [6.07, 6.45) is 1.13. The number of fused-ring (bicyclic) bond motifs is 3. The van der Waals surface area contributed by atoms with Crippen LogP contribution >= 0.6 is 0 Å². The van der Waals surface area contributed by atoms with E-state index in [-0.39, 0.29) is 0 Å². The SMILES string of the molecule is Cc1cccc(-c2ccc3[nH]c4c(c3c2)CN(C(C)C)CC4)c1. The van der Waals surface area contributed by atoms with E-state index in [0.29, 0.717) is 6.04 Å². The van der Waals surface area contributed by atoms with Crippen molar-refractivity contribution in [3.05, 3.63) is 59.3 Å². The van der Waals surface area contributed by atoms with Crippen molar-refractivity contribution in [2.24, 2.45) is 0 Å². The van der Waals surface area contributed by atoms with Crippen molar-refractivity contribution in [1.29, 1.82) is 0 Å². The third-order valence-electron chi connectivity index (χ3n) is 5.09. The van der Waals surface area contributed by atoms with Gasteiger partial charge in [0.2, 0.25) is 0 Å². The van der Waals surface area contributed by atoms with Crippen molar-refractivity contribution < 1.29 is 0 Å². The minimum Gasteiger partial charge on any atom is -0.358 e. The lowest BCUT2D eigenvalue weighted by Gasteiger charge is -2.30. The Morgan fingerprint density at radius 2 is 1.87 bits per heavy atom. The number of hydrogen-bond acceptors (Lipinski definition) is 1. The Labute approximate surface area is 138 Å². The van der Waals surface area contributed by atoms with Crippen molar-refractivity contribution in [3.63, 3.8) is 0 Å². The van der Waals surface area contributed by atoms with E-state index in [4.69, 9.17) is 0 Å². The van der Waals surface area contributed by atoms with Gasteiger partial charge in [0.05, 0.1) is 0 Å². The molecule has 2 aromatic carbocycles. The predicted molar refractivity (Wildman–Crippen MR) is 97.7 cm³/mol. The first kappa shape index (κ1) is 14.5. The van der Waals surface area contributed by atoms with E-state index in [2.05, 4.69) is 73.1 Å². The number of aromatic amines is 1. The Kier molecular flexibility index (Phi) is 3.50. The Hall–Kier alpha value is -2.06. The smallest absolute Gasteiger partial charge is 0.0459 e. The van der Waals surface area contributed by atoms with Crippen LogP contribution in [0.25, 0.3) is 22.0 Å². The first-order valence-electron chi connectivity index (χ1n) is 8.56. The van der Waals surface area contributed by atoms with E-state index >= 15 is 0 Å². The highest BCUT2D eigenvalue weighted by Gasteiger charge is 2.22. The molecule has 1 N–H and O–H groups in total. The van der Waals surface area contributed by atoms with Gasteiger partial charge in [0, 0.05) is 42.1 Å². The van der Waals surface area contributed by atoms with E-state index in [9.17, 15) is 0 Å². The van der Waals surface area contributed by atoms with Crippen LogP contribution in [0.15, 0.2) is 42.5 Å². The highest BCUT2D eigenvalue weighted by atomic mass is 15.2. The molecule has 2 heterocycles. The van der Waals surface area contributed by atoms with E-state index in [1.165, 1.54) is 38.9 Å². The van der Waals surface area contributed by atoms with Gasteiger partial charge < -0.3 is 4.98 Å². The molecule has 2 heteroatoms. The summed E-state index contributed by atoms with van der Waals surface area (Å²) in [5.41, 5.74) is 8.12. The second kappa shape index (κ2) is 5.54. The van der Waals surface area contributed by atoms with Crippen LogP contribution in [0, 0.1) is 6.92 Å². The molecule has 0 atom stereocenters. The van der Waals surface area contributed by atoms with Gasteiger partial charge >= 0.3 is 0 Å². The molecule has 4 rings (SSSR count). The molecular weight excluding hydrogens is 280 g/mol. The Morgan fingerprint density at radius 1 is 1.04 bits per heavy atom. The van der Waals surface area contributed by atoms with Crippen molar-refractivity contribution in [1.82, 2.24) is 9.88 Å². The molecular formula is C21H24N2. The lowest BCUT2D eigenvalue weighted by atomic mass is 9.98. The molecule has 1 aliphatic rings. The molecule has 0 saturated carbocycles. The zero-order valence-corrected chi connectivity index (χ0v) is 14.2. The summed E-state index contributed by atoms with van der Waals surface area (Å²) in [7, 11) is 0. The zero-order valence-electron chi connectivity index (χ0n) is 14.2. The molecule has 0 spiro atoms. The van der Waals surface area contributed by atoms with Crippen LogP contribution in [0.5, 0.6) is 0 Å². The minimum atomic E-state index is 0.605. The van der Waals surface area contributed by atoms with Gasteiger partial charge in [-0.3, -0.25) is 4.90 Å². The average Bonchev–Trinajstić information content (AvgIpc) is 2.91. The lowest BCUT2D eigenvalue weighted by Crippen LogP contribution is -2.35. The van der Waals surface area contributed by atoms with Gasteiger partial charge in [-0.25, -0.2) is 0 Å². The molecule has 1 aromatic heterocycles. The topological polar surface area (TPSA) is 19.0 Å². The second-order valence-electron chi connectivity index (χ2n) is 7.03. The van der Waals surface area contributed by atoms with E-state index in [1.807, 2.05) is 0 Å². The Balaban J connectivity index is 1.81. The molecule has 3 aromatic rings. The maximum atomic E-state index is 3.64. The van der Waals surface area contributed by atoms with Crippen LogP contribution < -0.4 is 0 Å². The van der Waals surface area contributed by atoms with Gasteiger partial charge in [-0.05, 0) is 49.6 Å². The summed E-state index contributed by atoms with van der Waals surface area (Å²) >= 11 is 0. The summed E-state index contributed by atoms with van der Waals surface area (Å²) in [5, 5.41) is 1.39. The standard InChI is InChI=1S/C21H24N2/c1-14(2)23-10-9-21-19(13-23)18-12-17(7-8-20(18)22-21)16-6-4-5-15(3)11-16/h4-8,11-12,14,22H,9-10,13H2,1-3H3. The molecule has 1 aliphatic heterocycles. The maximum absolute atomic E-state index is 3.64. The Bertz CT molecular complexity index is 857. The highest BCUT2D eigenvalue weighted by Crippen LogP contribution is 2.32. The molecule has 0 fully saturated rings. The first-order valence-corrected chi connectivity index (χ1v) is 8.56. The largest absolute Gasteiger partial charge is 0.358 e. The fourth-order valence-corrected chi connectivity index (χ4v) is 3.68. The Morgan fingerprint density at radius 3 is 2.65 bits per heavy atom. The molecule has 0 unspecified atom stereocenters. The number of H-pyrrole nitrogens is 1. The average molecular weight is 304 g/mol. The van der Waals surface area contributed by atoms with Crippen LogP contribution in [0.2, 0.25) is 0 Å². The number of nitrogens with one attached hydrogen (secondary N) is 1. The molecule has 2 nitrogen and oxygen atoms in total. The third kappa shape index (κ3) is 2.57. The second-order valence-corrected chi connectivity index (χ2v) is 7.03. The van der Waals surface area contributed by atoms with E-state index in [0.717, 1.165) is 19.5 Å². The number of aryl methyl sites for hydroxylation is 1. The van der Waals surface area contributed by atoms with Crippen molar-refractivity contribution in [2.75, 3.05) is 6.54 Å². The quantitative estimate of drug-likeness (QED) is 0.712. The van der Waals surface area contributed by atoms with Gasteiger partial charge in [0.25, 0.3) is 0 Å². The lowest BCUT2D eigenvalue weighted by molar-refractivity contribution is 0.203. The maximum Gasteiger partial charge on any atom is 0.0459 e. The molecule has 23 heavy (non-hydrogen) atoms. The van der Waals surface area contributed by atoms with Gasteiger partial charge in [-0.15, -0.1) is 0 Å². The molecule has 0 bridgehead atoms. The predicted octanol–water partition coefficient (Wildman–Crippen LogP) is 4.91. The van der Waals surface area contributed by atoms with Crippen LogP contribution in [-0.4, -0.2) is 22.5 Å². The number of rotatable bonds is 2. The monoisotopic (exact) mass is 304 g/mol. The van der Waals surface area contributed by atoms with Crippen LogP contribution in [0.4, 0.5) is 0 Å². The van der Waals surface area contributed by atoms with Crippen molar-refractivity contribution >= 4 is 10.9 Å². The molecule has 0 radical (unpaired) electrons. The summed E-state index contributed by atoms with van der Waals surface area (Å²) < 4.78 is 0. The van der Waals surface area contributed by atoms with E-state index < -0.39 is 0 Å². The number of benzene rings is 2. The minimum absolute atomic E-state index is 0.605. The molecule has 0 aliphatic carbocycles. The summed E-state index contributed by atoms with van der Waals surface area (Å²) in [5.74, 6) is 0. The summed E-state index contributed by atoms with van der Waals surface area (Å²) in [4.78, 5) is 6.20. The number of hydrogen-bond donors (Lipinski definition) is 1. The third-order valence-corrected chi connectivity index (χ3v) is 5.09. The first-order chi connectivity index (χ1) is 11.1. The van der Waals surface area contributed by atoms with Gasteiger partial charge in [-0.2, -0.15) is 0 Å². The molecule has 0 amide bonds. The molecule has 118 valence electrons. The van der Waals surface area contributed by atoms with E-state index in [1.54, 1.807) is 0 Å². The molecule has 0 saturated heterocycles. The van der Waals surface area contributed by atoms with Crippen molar-refractivity contribution in [3.8, 4) is 11.1 Å². The van der Waals surface area contributed by atoms with Crippen LogP contribution in [0.3, 0.4) is 0 Å². The van der Waals surface area contributed by atoms with Gasteiger partial charge in [0.1, 0.15) is 0 Å². The van der Waals surface area contributed by atoms with Crippen LogP contribution in [-0.2, 0) is 13.0 Å². The van der Waals surface area contributed by atoms with Crippen molar-refractivity contribution in [2.45, 2.75) is 39.8 Å². The summed E-state index contributed by atoms with van der Waals surface area (Å²) in [6.45, 7) is 8.95. The number of aromatic nitrogens is 1. The fourth-order valence-electron chi connectivity index (χ4n) is 3.68. The summed E-state index contributed by atoms with van der Waals surface area (Å²) in [6, 6.07) is 16.2.